The molecule has 1 N–H and O–H groups in total. The first-order valence-corrected chi connectivity index (χ1v) is 9.05. The van der Waals surface area contributed by atoms with Crippen LogP contribution in [0, 0.1) is 0 Å². The number of thioether (sulfide) groups is 1. The van der Waals surface area contributed by atoms with Gasteiger partial charge in [-0.1, -0.05) is 17.7 Å². The number of ether oxygens (including phenoxy) is 2. The number of alkyl halides is 3. The molecule has 0 atom stereocenters. The first kappa shape index (κ1) is 18.7. The van der Waals surface area contributed by atoms with Gasteiger partial charge in [-0.3, -0.25) is 4.79 Å². The normalized spacial score (nSPS) is 18.8. The maximum atomic E-state index is 12.9. The molecule has 0 unspecified atom stereocenters. The molecular weight excluding hydrogens is 417 g/mol. The number of benzene rings is 2. The van der Waals surface area contributed by atoms with E-state index in [1.165, 1.54) is 0 Å². The van der Waals surface area contributed by atoms with Crippen molar-refractivity contribution < 1.29 is 27.4 Å². The molecular formula is C18H10ClF3N2O3S. The van der Waals surface area contributed by atoms with Crippen LogP contribution < -0.4 is 14.8 Å². The Morgan fingerprint density at radius 1 is 1.14 bits per heavy atom. The van der Waals surface area contributed by atoms with Crippen molar-refractivity contribution in [3.05, 3.63) is 57.5 Å². The third kappa shape index (κ3) is 3.81. The van der Waals surface area contributed by atoms with Crippen molar-refractivity contribution >= 4 is 46.2 Å². The summed E-state index contributed by atoms with van der Waals surface area (Å²) in [4.78, 5) is 16.6. The Morgan fingerprint density at radius 3 is 2.71 bits per heavy atom. The average Bonchev–Trinajstić information content (AvgIpc) is 3.22. The number of rotatable bonds is 2. The number of nitrogens with one attached hydrogen (secondary N) is 1. The number of aliphatic imine (C=N–C) groups is 1. The van der Waals surface area contributed by atoms with E-state index in [0.29, 0.717) is 22.0 Å². The summed E-state index contributed by atoms with van der Waals surface area (Å²) in [6, 6.07) is 8.03. The second kappa shape index (κ2) is 7.06. The summed E-state index contributed by atoms with van der Waals surface area (Å²) in [5.41, 5.74) is -0.245. The lowest BCUT2D eigenvalue weighted by Gasteiger charge is -2.08. The summed E-state index contributed by atoms with van der Waals surface area (Å²) in [5.74, 6) is 0.777. The van der Waals surface area contributed by atoms with E-state index < -0.39 is 17.6 Å². The highest BCUT2D eigenvalue weighted by Crippen LogP contribution is 2.37. The van der Waals surface area contributed by atoms with Crippen molar-refractivity contribution in [1.82, 2.24) is 5.32 Å². The summed E-state index contributed by atoms with van der Waals surface area (Å²) in [6.07, 6.45) is -2.89. The summed E-state index contributed by atoms with van der Waals surface area (Å²) in [5, 5.41) is 2.70. The predicted molar refractivity (Wildman–Crippen MR) is 99.8 cm³/mol. The van der Waals surface area contributed by atoms with Crippen molar-refractivity contribution in [3.8, 4) is 11.5 Å². The minimum Gasteiger partial charge on any atom is -0.454 e. The number of hydrogen-bond acceptors (Lipinski definition) is 5. The first-order chi connectivity index (χ1) is 13.3. The van der Waals surface area contributed by atoms with Crippen LogP contribution in [0.3, 0.4) is 0 Å². The van der Waals surface area contributed by atoms with Gasteiger partial charge in [0.05, 0.1) is 21.2 Å². The van der Waals surface area contributed by atoms with Gasteiger partial charge in [-0.2, -0.15) is 13.2 Å². The van der Waals surface area contributed by atoms with Gasteiger partial charge in [0.15, 0.2) is 16.7 Å². The quantitative estimate of drug-likeness (QED) is 0.688. The molecule has 0 radical (unpaired) electrons. The lowest BCUT2D eigenvalue weighted by molar-refractivity contribution is -0.137. The van der Waals surface area contributed by atoms with Crippen molar-refractivity contribution in [3.63, 3.8) is 0 Å². The fourth-order valence-electron chi connectivity index (χ4n) is 2.52. The summed E-state index contributed by atoms with van der Waals surface area (Å²) in [7, 11) is 0. The van der Waals surface area contributed by atoms with Crippen LogP contribution in [-0.2, 0) is 11.0 Å². The Morgan fingerprint density at radius 2 is 1.93 bits per heavy atom. The molecule has 0 spiro atoms. The monoisotopic (exact) mass is 426 g/mol. The highest BCUT2D eigenvalue weighted by Gasteiger charge is 2.31. The van der Waals surface area contributed by atoms with E-state index in [-0.39, 0.29) is 22.7 Å². The van der Waals surface area contributed by atoms with Crippen LogP contribution in [0.4, 0.5) is 18.9 Å². The lowest BCUT2D eigenvalue weighted by Crippen LogP contribution is -2.19. The molecule has 0 aromatic heterocycles. The van der Waals surface area contributed by atoms with E-state index in [2.05, 4.69) is 10.3 Å². The zero-order chi connectivity index (χ0) is 19.9. The highest BCUT2D eigenvalue weighted by atomic mass is 35.5. The SMILES string of the molecule is O=C1NC(=Nc2cc(C(F)(F)F)ccc2Cl)S/C1=C\c1ccc2c(c1)OCO2. The third-order valence-electron chi connectivity index (χ3n) is 3.84. The van der Waals surface area contributed by atoms with Crippen LogP contribution in [0.2, 0.25) is 5.02 Å². The molecule has 1 saturated heterocycles. The van der Waals surface area contributed by atoms with E-state index in [1.807, 2.05) is 0 Å². The van der Waals surface area contributed by atoms with Crippen molar-refractivity contribution in [1.29, 1.82) is 0 Å². The fourth-order valence-corrected chi connectivity index (χ4v) is 3.51. The van der Waals surface area contributed by atoms with Gasteiger partial charge in [0, 0.05) is 0 Å². The van der Waals surface area contributed by atoms with Gasteiger partial charge in [-0.05, 0) is 53.7 Å². The largest absolute Gasteiger partial charge is 0.454 e. The van der Waals surface area contributed by atoms with Gasteiger partial charge in [-0.25, -0.2) is 4.99 Å². The van der Waals surface area contributed by atoms with Gasteiger partial charge < -0.3 is 14.8 Å². The minimum atomic E-state index is -4.52. The molecule has 5 nitrogen and oxygen atoms in total. The molecule has 1 fully saturated rings. The van der Waals surface area contributed by atoms with Crippen LogP contribution in [0.15, 0.2) is 46.3 Å². The smallest absolute Gasteiger partial charge is 0.416 e. The van der Waals surface area contributed by atoms with Crippen LogP contribution in [0.1, 0.15) is 11.1 Å². The van der Waals surface area contributed by atoms with E-state index >= 15 is 0 Å². The maximum absolute atomic E-state index is 12.9. The van der Waals surface area contributed by atoms with E-state index in [4.69, 9.17) is 21.1 Å². The number of hydrogen-bond donors (Lipinski definition) is 1. The Kier molecular flexibility index (Phi) is 4.72. The molecule has 2 aliphatic rings. The molecule has 0 aliphatic carbocycles. The molecule has 28 heavy (non-hydrogen) atoms. The number of nitrogens with zero attached hydrogens (tertiary/aromatic N) is 1. The third-order valence-corrected chi connectivity index (χ3v) is 5.07. The summed E-state index contributed by atoms with van der Waals surface area (Å²) < 4.78 is 49.2. The number of halogens is 4. The zero-order valence-corrected chi connectivity index (χ0v) is 15.4. The molecule has 0 bridgehead atoms. The van der Waals surface area contributed by atoms with Crippen molar-refractivity contribution in [2.45, 2.75) is 6.18 Å². The Hall–Kier alpha value is -2.65. The number of carbonyl (C=O) groups is 1. The minimum absolute atomic E-state index is 0.0450. The molecule has 10 heteroatoms. The summed E-state index contributed by atoms with van der Waals surface area (Å²) >= 11 is 6.95. The summed E-state index contributed by atoms with van der Waals surface area (Å²) in [6.45, 7) is 0.138. The average molecular weight is 427 g/mol. The van der Waals surface area contributed by atoms with Crippen LogP contribution in [0.25, 0.3) is 6.08 Å². The molecule has 2 aromatic carbocycles. The van der Waals surface area contributed by atoms with E-state index in [9.17, 15) is 18.0 Å². The second-order valence-corrected chi connectivity index (χ2v) is 7.20. The van der Waals surface area contributed by atoms with Gasteiger partial charge >= 0.3 is 6.18 Å². The first-order valence-electron chi connectivity index (χ1n) is 7.85. The molecule has 1 amide bonds. The van der Waals surface area contributed by atoms with Gasteiger partial charge in [-0.15, -0.1) is 0 Å². The molecule has 4 rings (SSSR count). The molecule has 2 heterocycles. The zero-order valence-electron chi connectivity index (χ0n) is 13.8. The topological polar surface area (TPSA) is 59.9 Å². The Balaban J connectivity index is 1.60. The number of amides is 1. The number of fused-ring (bicyclic) bond motifs is 1. The van der Waals surface area contributed by atoms with Gasteiger partial charge in [0.25, 0.3) is 5.91 Å². The molecule has 144 valence electrons. The van der Waals surface area contributed by atoms with Crippen LogP contribution in [0.5, 0.6) is 11.5 Å². The van der Waals surface area contributed by atoms with Gasteiger partial charge in [0.2, 0.25) is 6.79 Å². The van der Waals surface area contributed by atoms with Crippen LogP contribution >= 0.6 is 23.4 Å². The second-order valence-electron chi connectivity index (χ2n) is 5.76. The molecule has 2 aliphatic heterocycles. The predicted octanol–water partition coefficient (Wildman–Crippen LogP) is 4.98. The highest BCUT2D eigenvalue weighted by molar-refractivity contribution is 8.18. The van der Waals surface area contributed by atoms with E-state index in [1.54, 1.807) is 24.3 Å². The Labute approximate surface area is 166 Å². The molecule has 2 aromatic rings. The van der Waals surface area contributed by atoms with E-state index in [0.717, 1.165) is 30.0 Å². The fraction of sp³-hybridized carbons (Fsp3) is 0.111. The Bertz CT molecular complexity index is 1040. The number of amidine groups is 1. The van der Waals surface area contributed by atoms with Crippen LogP contribution in [-0.4, -0.2) is 17.9 Å². The van der Waals surface area contributed by atoms with Crippen molar-refractivity contribution in [2.75, 3.05) is 6.79 Å². The maximum Gasteiger partial charge on any atom is 0.416 e. The van der Waals surface area contributed by atoms with Crippen molar-refractivity contribution in [2.24, 2.45) is 4.99 Å². The lowest BCUT2D eigenvalue weighted by atomic mass is 10.2. The standard InChI is InChI=1S/C18H10ClF3N2O3S/c19-11-3-2-10(18(20,21)22)7-12(11)23-17-24-16(25)15(28-17)6-9-1-4-13-14(5-9)27-8-26-13/h1-7H,8H2,(H,23,24,25)/b15-6-. The number of carbonyl (C=O) groups excluding carboxylic acids is 1. The van der Waals surface area contributed by atoms with Gasteiger partial charge in [0.1, 0.15) is 0 Å². The molecule has 0 saturated carbocycles.